The van der Waals surface area contributed by atoms with Gasteiger partial charge >= 0.3 is 0 Å². The van der Waals surface area contributed by atoms with Gasteiger partial charge in [0.25, 0.3) is 0 Å². The summed E-state index contributed by atoms with van der Waals surface area (Å²) in [5.41, 5.74) is 0.970. The number of amides is 1. The third-order valence-electron chi connectivity index (χ3n) is 3.99. The lowest BCUT2D eigenvalue weighted by atomic mass is 9.90. The van der Waals surface area contributed by atoms with Crippen molar-refractivity contribution in [3.8, 4) is 0 Å². The number of hydrogen-bond acceptors (Lipinski definition) is 2. The predicted molar refractivity (Wildman–Crippen MR) is 66.7 cm³/mol. The van der Waals surface area contributed by atoms with E-state index in [9.17, 15) is 9.18 Å². The number of halogens is 1. The smallest absolute Gasteiger partial charge is 0.220 e. The van der Waals surface area contributed by atoms with Gasteiger partial charge < -0.3 is 10.6 Å². The topological polar surface area (TPSA) is 41.1 Å². The third kappa shape index (κ3) is 2.12. The molecular formula is C14H17FN2O. The van der Waals surface area contributed by atoms with Crippen molar-refractivity contribution in [3.05, 3.63) is 35.6 Å². The Morgan fingerprint density at radius 2 is 2.22 bits per heavy atom. The van der Waals surface area contributed by atoms with Crippen LogP contribution >= 0.6 is 0 Å². The van der Waals surface area contributed by atoms with E-state index in [1.807, 2.05) is 6.07 Å². The largest absolute Gasteiger partial charge is 0.351 e. The average Bonchev–Trinajstić information content (AvgIpc) is 2.63. The fraction of sp³-hybridized carbons (Fsp3) is 0.500. The van der Waals surface area contributed by atoms with Crippen LogP contribution < -0.4 is 10.6 Å². The maximum atomic E-state index is 13.3. The third-order valence-corrected chi connectivity index (χ3v) is 3.99. The summed E-state index contributed by atoms with van der Waals surface area (Å²) < 4.78 is 13.3. The Kier molecular flexibility index (Phi) is 3.04. The highest BCUT2D eigenvalue weighted by Gasteiger charge is 2.38. The van der Waals surface area contributed by atoms with E-state index in [4.69, 9.17) is 0 Å². The van der Waals surface area contributed by atoms with Crippen molar-refractivity contribution in [1.29, 1.82) is 0 Å². The quantitative estimate of drug-likeness (QED) is 0.791. The first-order chi connectivity index (χ1) is 8.74. The molecule has 18 heavy (non-hydrogen) atoms. The number of carbonyl (C=O) groups is 1. The van der Waals surface area contributed by atoms with Gasteiger partial charge in [-0.25, -0.2) is 4.39 Å². The SMILES string of the molecule is O=C1CCC[C@H]2NC[C@@H](c3cccc(F)c3)[C@@H]2N1. The van der Waals surface area contributed by atoms with E-state index in [0.29, 0.717) is 12.5 Å². The van der Waals surface area contributed by atoms with Crippen molar-refractivity contribution in [3.63, 3.8) is 0 Å². The van der Waals surface area contributed by atoms with Gasteiger partial charge in [0.1, 0.15) is 5.82 Å². The van der Waals surface area contributed by atoms with E-state index in [1.165, 1.54) is 6.07 Å². The molecule has 0 saturated carbocycles. The Morgan fingerprint density at radius 1 is 1.33 bits per heavy atom. The Hall–Kier alpha value is -1.42. The summed E-state index contributed by atoms with van der Waals surface area (Å²) in [5, 5.41) is 6.53. The molecule has 1 aromatic carbocycles. The van der Waals surface area contributed by atoms with Crippen LogP contribution in [0.4, 0.5) is 4.39 Å². The molecule has 0 radical (unpaired) electrons. The normalized spacial score (nSPS) is 31.6. The molecule has 3 rings (SSSR count). The molecule has 3 nitrogen and oxygen atoms in total. The minimum Gasteiger partial charge on any atom is -0.351 e. The molecule has 2 N–H and O–H groups in total. The zero-order chi connectivity index (χ0) is 12.5. The summed E-state index contributed by atoms with van der Waals surface area (Å²) in [6.07, 6.45) is 2.54. The lowest BCUT2D eigenvalue weighted by molar-refractivity contribution is -0.121. The van der Waals surface area contributed by atoms with E-state index in [0.717, 1.165) is 24.9 Å². The summed E-state index contributed by atoms with van der Waals surface area (Å²) in [6.45, 7) is 0.805. The zero-order valence-corrected chi connectivity index (χ0v) is 10.2. The molecule has 0 spiro atoms. The van der Waals surface area contributed by atoms with E-state index >= 15 is 0 Å². The number of hydrogen-bond donors (Lipinski definition) is 2. The van der Waals surface area contributed by atoms with Crippen LogP contribution in [0.2, 0.25) is 0 Å². The van der Waals surface area contributed by atoms with Crippen molar-refractivity contribution >= 4 is 5.91 Å². The lowest BCUT2D eigenvalue weighted by Gasteiger charge is -2.23. The van der Waals surface area contributed by atoms with Crippen LogP contribution in [0, 0.1) is 5.82 Å². The molecule has 96 valence electrons. The van der Waals surface area contributed by atoms with Crippen LogP contribution in [0.5, 0.6) is 0 Å². The highest BCUT2D eigenvalue weighted by Crippen LogP contribution is 2.30. The van der Waals surface area contributed by atoms with Gasteiger partial charge in [-0.15, -0.1) is 0 Å². The number of carbonyl (C=O) groups excluding carboxylic acids is 1. The molecule has 2 saturated heterocycles. The molecule has 4 heteroatoms. The van der Waals surface area contributed by atoms with Crippen LogP contribution in [-0.2, 0) is 4.79 Å². The van der Waals surface area contributed by atoms with Gasteiger partial charge in [-0.1, -0.05) is 12.1 Å². The van der Waals surface area contributed by atoms with Crippen molar-refractivity contribution < 1.29 is 9.18 Å². The van der Waals surface area contributed by atoms with Gasteiger partial charge in [-0.3, -0.25) is 4.79 Å². The van der Waals surface area contributed by atoms with Crippen LogP contribution in [-0.4, -0.2) is 24.5 Å². The van der Waals surface area contributed by atoms with Crippen molar-refractivity contribution in [1.82, 2.24) is 10.6 Å². The summed E-state index contributed by atoms with van der Waals surface area (Å²) >= 11 is 0. The zero-order valence-electron chi connectivity index (χ0n) is 10.2. The Bertz CT molecular complexity index is 463. The second-order valence-electron chi connectivity index (χ2n) is 5.16. The van der Waals surface area contributed by atoms with Gasteiger partial charge in [0, 0.05) is 24.9 Å². The summed E-state index contributed by atoms with van der Waals surface area (Å²) in [5.74, 6) is 0.0799. The minimum absolute atomic E-state index is 0.0989. The molecular weight excluding hydrogens is 231 g/mol. The van der Waals surface area contributed by atoms with Gasteiger partial charge in [0.05, 0.1) is 6.04 Å². The molecule has 2 heterocycles. The Morgan fingerprint density at radius 3 is 3.06 bits per heavy atom. The van der Waals surface area contributed by atoms with Gasteiger partial charge in [-0.2, -0.15) is 0 Å². The Labute approximate surface area is 106 Å². The highest BCUT2D eigenvalue weighted by atomic mass is 19.1. The monoisotopic (exact) mass is 248 g/mol. The summed E-state index contributed by atoms with van der Waals surface area (Å²) in [4.78, 5) is 11.7. The number of nitrogens with one attached hydrogen (secondary N) is 2. The lowest BCUT2D eigenvalue weighted by Crippen LogP contribution is -2.43. The number of fused-ring (bicyclic) bond motifs is 1. The first-order valence-corrected chi connectivity index (χ1v) is 6.52. The van der Waals surface area contributed by atoms with E-state index in [2.05, 4.69) is 10.6 Å². The van der Waals surface area contributed by atoms with Crippen molar-refractivity contribution in [2.24, 2.45) is 0 Å². The van der Waals surface area contributed by atoms with Gasteiger partial charge in [0.2, 0.25) is 5.91 Å². The maximum absolute atomic E-state index is 13.3. The van der Waals surface area contributed by atoms with E-state index in [-0.39, 0.29) is 23.7 Å². The molecule has 2 aliphatic heterocycles. The summed E-state index contributed by atoms with van der Waals surface area (Å²) in [7, 11) is 0. The predicted octanol–water partition coefficient (Wildman–Crippen LogP) is 1.55. The van der Waals surface area contributed by atoms with Crippen LogP contribution in [0.25, 0.3) is 0 Å². The first kappa shape index (κ1) is 11.7. The van der Waals surface area contributed by atoms with Gasteiger partial charge in [-0.05, 0) is 30.5 Å². The molecule has 2 aliphatic rings. The number of rotatable bonds is 1. The molecule has 0 aromatic heterocycles. The summed E-state index contributed by atoms with van der Waals surface area (Å²) in [6, 6.07) is 7.12. The van der Waals surface area contributed by atoms with Crippen LogP contribution in [0.1, 0.15) is 30.7 Å². The van der Waals surface area contributed by atoms with Crippen molar-refractivity contribution in [2.45, 2.75) is 37.3 Å². The van der Waals surface area contributed by atoms with Crippen molar-refractivity contribution in [2.75, 3.05) is 6.54 Å². The molecule has 2 fully saturated rings. The molecule has 0 bridgehead atoms. The number of benzene rings is 1. The van der Waals surface area contributed by atoms with Crippen LogP contribution in [0.15, 0.2) is 24.3 Å². The molecule has 3 atom stereocenters. The minimum atomic E-state index is -0.212. The van der Waals surface area contributed by atoms with E-state index in [1.54, 1.807) is 12.1 Å². The van der Waals surface area contributed by atoms with E-state index < -0.39 is 0 Å². The fourth-order valence-electron chi connectivity index (χ4n) is 3.10. The Balaban J connectivity index is 1.86. The molecule has 1 aromatic rings. The second-order valence-corrected chi connectivity index (χ2v) is 5.16. The maximum Gasteiger partial charge on any atom is 0.220 e. The fourth-order valence-corrected chi connectivity index (χ4v) is 3.10. The molecule has 1 amide bonds. The standard InChI is InChI=1S/C14H17FN2O/c15-10-4-1-3-9(7-10)11-8-16-12-5-2-6-13(18)17-14(11)12/h1,3-4,7,11-12,14,16H,2,5-6,8H2,(H,17,18)/t11-,12+,14-/m0/s1. The van der Waals surface area contributed by atoms with Crippen LogP contribution in [0.3, 0.4) is 0 Å². The average molecular weight is 248 g/mol. The second kappa shape index (κ2) is 4.69. The highest BCUT2D eigenvalue weighted by molar-refractivity contribution is 5.76. The van der Waals surface area contributed by atoms with Gasteiger partial charge in [0.15, 0.2) is 0 Å². The first-order valence-electron chi connectivity index (χ1n) is 6.52. The molecule has 0 unspecified atom stereocenters. The molecule has 0 aliphatic carbocycles.